The van der Waals surface area contributed by atoms with Crippen LogP contribution in [-0.2, 0) is 23.6 Å². The second-order valence-electron chi connectivity index (χ2n) is 9.73. The fourth-order valence-corrected chi connectivity index (χ4v) is 5.16. The molecule has 1 aliphatic rings. The summed E-state index contributed by atoms with van der Waals surface area (Å²) in [6.45, 7) is 6.54. The molecule has 0 saturated carbocycles. The molecule has 0 spiro atoms. The quantitative estimate of drug-likeness (QED) is 0.316. The van der Waals surface area contributed by atoms with Crippen molar-refractivity contribution in [3.8, 4) is 11.1 Å². The van der Waals surface area contributed by atoms with Gasteiger partial charge in [-0.1, -0.05) is 6.92 Å². The predicted molar refractivity (Wildman–Crippen MR) is 142 cm³/mol. The Morgan fingerprint density at radius 3 is 2.55 bits per heavy atom. The topological polar surface area (TPSA) is 105 Å². The van der Waals surface area contributed by atoms with E-state index in [4.69, 9.17) is 13.9 Å². The van der Waals surface area contributed by atoms with Gasteiger partial charge in [0.25, 0.3) is 0 Å². The fraction of sp³-hybridized carbons (Fsp3) is 0.429. The lowest BCUT2D eigenvalue weighted by atomic mass is 9.97. The van der Waals surface area contributed by atoms with Crippen molar-refractivity contribution in [2.24, 2.45) is 14.1 Å². The van der Waals surface area contributed by atoms with Crippen LogP contribution in [0, 0.1) is 6.92 Å². The summed E-state index contributed by atoms with van der Waals surface area (Å²) in [6.07, 6.45) is 8.43. The first kappa shape index (κ1) is 25.7. The summed E-state index contributed by atoms with van der Waals surface area (Å²) >= 11 is 0. The SMILES string of the molecule is CCOC(=O)N(c1c(C(=O)c2cnn(C)c2)oc2cc(C)c(-c3cnn(C)c3)cc12)[C@H]1CCO[C@@H](CC)C1. The van der Waals surface area contributed by atoms with Gasteiger partial charge < -0.3 is 13.9 Å². The van der Waals surface area contributed by atoms with E-state index in [0.717, 1.165) is 23.1 Å². The van der Waals surface area contributed by atoms with E-state index in [2.05, 4.69) is 17.1 Å². The Hall–Kier alpha value is -3.92. The number of fused-ring (bicyclic) bond motifs is 1. The zero-order valence-electron chi connectivity index (χ0n) is 22.4. The number of rotatable bonds is 7. The molecule has 10 heteroatoms. The molecule has 10 nitrogen and oxygen atoms in total. The Morgan fingerprint density at radius 2 is 1.89 bits per heavy atom. The van der Waals surface area contributed by atoms with Crippen molar-refractivity contribution in [3.05, 3.63) is 53.8 Å². The van der Waals surface area contributed by atoms with Crippen LogP contribution in [0.2, 0.25) is 0 Å². The van der Waals surface area contributed by atoms with Crippen LogP contribution in [0.4, 0.5) is 10.5 Å². The Balaban J connectivity index is 1.75. The zero-order chi connectivity index (χ0) is 27.0. The highest BCUT2D eigenvalue weighted by Gasteiger charge is 2.37. The van der Waals surface area contributed by atoms with E-state index in [0.29, 0.717) is 41.7 Å². The Bertz CT molecular complexity index is 1480. The number of hydrogen-bond donors (Lipinski definition) is 0. The van der Waals surface area contributed by atoms with Crippen LogP contribution >= 0.6 is 0 Å². The largest absolute Gasteiger partial charge is 0.450 e. The lowest BCUT2D eigenvalue weighted by Crippen LogP contribution is -2.46. The summed E-state index contributed by atoms with van der Waals surface area (Å²) in [6, 6.07) is 3.66. The first-order valence-corrected chi connectivity index (χ1v) is 13.0. The number of hydrogen-bond acceptors (Lipinski definition) is 7. The average Bonchev–Trinajstić information content (AvgIpc) is 3.62. The summed E-state index contributed by atoms with van der Waals surface area (Å²) in [5.74, 6) is -0.262. The van der Waals surface area contributed by atoms with E-state index >= 15 is 0 Å². The number of ketones is 1. The Labute approximate surface area is 221 Å². The number of aromatic nitrogens is 4. The van der Waals surface area contributed by atoms with Gasteiger partial charge in [0.15, 0.2) is 5.76 Å². The first-order valence-electron chi connectivity index (χ1n) is 13.0. The molecule has 3 aromatic heterocycles. The van der Waals surface area contributed by atoms with Crippen molar-refractivity contribution in [1.29, 1.82) is 0 Å². The summed E-state index contributed by atoms with van der Waals surface area (Å²) in [4.78, 5) is 29.0. The molecule has 1 aromatic carbocycles. The third-order valence-corrected chi connectivity index (χ3v) is 7.06. The number of ether oxygens (including phenoxy) is 2. The van der Waals surface area contributed by atoms with Gasteiger partial charge in [-0.05, 0) is 56.4 Å². The summed E-state index contributed by atoms with van der Waals surface area (Å²) in [5.41, 5.74) is 4.14. The van der Waals surface area contributed by atoms with Crippen molar-refractivity contribution in [1.82, 2.24) is 19.6 Å². The van der Waals surface area contributed by atoms with Crippen LogP contribution in [0.15, 0.2) is 41.3 Å². The van der Waals surface area contributed by atoms with Crippen LogP contribution in [-0.4, -0.2) is 56.8 Å². The average molecular weight is 520 g/mol. The Morgan fingerprint density at radius 1 is 1.13 bits per heavy atom. The second kappa shape index (κ2) is 10.4. The van der Waals surface area contributed by atoms with Gasteiger partial charge in [0.2, 0.25) is 5.78 Å². The van der Waals surface area contributed by atoms with Crippen LogP contribution in [0.5, 0.6) is 0 Å². The van der Waals surface area contributed by atoms with Crippen molar-refractivity contribution in [3.63, 3.8) is 0 Å². The van der Waals surface area contributed by atoms with Gasteiger partial charge in [-0.2, -0.15) is 10.2 Å². The number of aryl methyl sites for hydroxylation is 3. The van der Waals surface area contributed by atoms with Crippen LogP contribution < -0.4 is 4.90 Å². The zero-order valence-corrected chi connectivity index (χ0v) is 22.4. The third kappa shape index (κ3) is 4.71. The molecular formula is C28H33N5O5. The lowest BCUT2D eigenvalue weighted by Gasteiger charge is -2.36. The first-order chi connectivity index (χ1) is 18.3. The molecule has 0 N–H and O–H groups in total. The minimum Gasteiger partial charge on any atom is -0.450 e. The van der Waals surface area contributed by atoms with E-state index in [1.807, 2.05) is 32.3 Å². The number of carbonyl (C=O) groups excluding carboxylic acids is 2. The van der Waals surface area contributed by atoms with Crippen LogP contribution in [0.25, 0.3) is 22.1 Å². The maximum atomic E-state index is 13.8. The molecule has 200 valence electrons. The molecule has 1 fully saturated rings. The number of furan rings is 1. The van der Waals surface area contributed by atoms with Gasteiger partial charge in [0.05, 0.1) is 30.7 Å². The van der Waals surface area contributed by atoms with E-state index < -0.39 is 6.09 Å². The summed E-state index contributed by atoms with van der Waals surface area (Å²) in [7, 11) is 3.61. The van der Waals surface area contributed by atoms with Crippen LogP contribution in [0.1, 0.15) is 54.8 Å². The fourth-order valence-electron chi connectivity index (χ4n) is 5.16. The highest BCUT2D eigenvalue weighted by atomic mass is 16.6. The smallest absolute Gasteiger partial charge is 0.414 e. The maximum Gasteiger partial charge on any atom is 0.414 e. The second-order valence-corrected chi connectivity index (χ2v) is 9.73. The molecule has 0 bridgehead atoms. The molecule has 1 aliphatic heterocycles. The monoisotopic (exact) mass is 519 g/mol. The molecule has 4 heterocycles. The van der Waals surface area contributed by atoms with E-state index in [1.54, 1.807) is 40.6 Å². The number of carbonyl (C=O) groups is 2. The molecule has 38 heavy (non-hydrogen) atoms. The minimum atomic E-state index is -0.513. The lowest BCUT2D eigenvalue weighted by molar-refractivity contribution is 0.00468. The van der Waals surface area contributed by atoms with Gasteiger partial charge in [0.1, 0.15) is 11.3 Å². The minimum absolute atomic E-state index is 0.00881. The van der Waals surface area contributed by atoms with Crippen LogP contribution in [0.3, 0.4) is 0 Å². The van der Waals surface area contributed by atoms with Gasteiger partial charge in [-0.25, -0.2) is 4.79 Å². The maximum absolute atomic E-state index is 13.8. The van der Waals surface area contributed by atoms with Gasteiger partial charge in [0, 0.05) is 50.1 Å². The number of benzene rings is 1. The van der Waals surface area contributed by atoms with E-state index in [9.17, 15) is 9.59 Å². The normalized spacial score (nSPS) is 17.6. The van der Waals surface area contributed by atoms with Gasteiger partial charge >= 0.3 is 6.09 Å². The molecule has 0 unspecified atom stereocenters. The molecule has 2 atom stereocenters. The number of anilines is 1. The molecule has 1 saturated heterocycles. The van der Waals surface area contributed by atoms with Crippen molar-refractivity contribution >= 4 is 28.5 Å². The Kier molecular flexibility index (Phi) is 7.07. The molecule has 4 aromatic rings. The number of nitrogens with zero attached hydrogens (tertiary/aromatic N) is 5. The molecular weight excluding hydrogens is 486 g/mol. The molecule has 1 amide bonds. The third-order valence-electron chi connectivity index (χ3n) is 7.06. The van der Waals surface area contributed by atoms with E-state index in [1.165, 1.54) is 6.20 Å². The molecule has 5 rings (SSSR count). The highest BCUT2D eigenvalue weighted by Crippen LogP contribution is 2.41. The van der Waals surface area contributed by atoms with Gasteiger partial charge in [-0.3, -0.25) is 19.1 Å². The van der Waals surface area contributed by atoms with Crippen molar-refractivity contribution in [2.75, 3.05) is 18.1 Å². The van der Waals surface area contributed by atoms with Crippen molar-refractivity contribution in [2.45, 2.75) is 52.2 Å². The molecule has 0 radical (unpaired) electrons. The van der Waals surface area contributed by atoms with Gasteiger partial charge in [-0.15, -0.1) is 0 Å². The predicted octanol–water partition coefficient (Wildman–Crippen LogP) is 5.03. The highest BCUT2D eigenvalue weighted by molar-refractivity contribution is 6.17. The summed E-state index contributed by atoms with van der Waals surface area (Å²) in [5, 5.41) is 9.14. The summed E-state index contributed by atoms with van der Waals surface area (Å²) < 4.78 is 21.0. The van der Waals surface area contributed by atoms with Crippen molar-refractivity contribution < 1.29 is 23.5 Å². The number of amides is 1. The standard InChI is InChI=1S/C28H33N5O5/c1-6-21-11-20(8-9-37-21)33(28(35)36-7-2)25-23-12-22(18-13-29-31(4)15-18)17(3)10-24(23)38-27(25)26(34)19-14-30-32(5)16-19/h10,12-16,20-21H,6-9,11H2,1-5H3/t20-,21-/m0/s1. The van der Waals surface area contributed by atoms with E-state index in [-0.39, 0.29) is 30.3 Å². The molecule has 0 aliphatic carbocycles.